The van der Waals surface area contributed by atoms with Crippen LogP contribution in [0.5, 0.6) is 0 Å². The second-order valence-electron chi connectivity index (χ2n) is 6.24. The Morgan fingerprint density at radius 1 is 1.35 bits per heavy atom. The van der Waals surface area contributed by atoms with Crippen molar-refractivity contribution >= 4 is 11.9 Å². The van der Waals surface area contributed by atoms with Crippen molar-refractivity contribution in [3.8, 4) is 0 Å². The molecule has 1 aromatic rings. The summed E-state index contributed by atoms with van der Waals surface area (Å²) >= 11 is 0. The maximum Gasteiger partial charge on any atom is 0.323 e. The van der Waals surface area contributed by atoms with Crippen LogP contribution in [-0.2, 0) is 10.2 Å². The molecule has 20 heavy (non-hydrogen) atoms. The lowest BCUT2D eigenvalue weighted by molar-refractivity contribution is -0.137. The van der Waals surface area contributed by atoms with E-state index < -0.39 is 5.97 Å². The highest BCUT2D eigenvalue weighted by molar-refractivity contribution is 5.94. The molecule has 0 spiro atoms. The molecule has 0 aromatic carbocycles. The number of carbonyl (C=O) groups is 2. The number of hydrogen-bond donors (Lipinski definition) is 1. The largest absolute Gasteiger partial charge is 0.480 e. The molecule has 5 nitrogen and oxygen atoms in total. The zero-order valence-corrected chi connectivity index (χ0v) is 12.1. The standard InChI is InChI=1S/C15H20N2O3/c1-15(2,3)10-4-7-12(16-8-10)14(20)17(9-13(18)19)11-5-6-11/h4,7-8,11H,5-6,9H2,1-3H3,(H,18,19). The van der Waals surface area contributed by atoms with E-state index in [1.165, 1.54) is 4.90 Å². The number of aromatic nitrogens is 1. The number of aliphatic carboxylic acids is 1. The summed E-state index contributed by atoms with van der Waals surface area (Å²) in [6.07, 6.45) is 3.44. The number of carbonyl (C=O) groups excluding carboxylic acids is 1. The van der Waals surface area contributed by atoms with Crippen molar-refractivity contribution in [1.29, 1.82) is 0 Å². The average molecular weight is 276 g/mol. The fourth-order valence-electron chi connectivity index (χ4n) is 2.01. The van der Waals surface area contributed by atoms with Gasteiger partial charge >= 0.3 is 5.97 Å². The Labute approximate surface area is 118 Å². The second-order valence-corrected chi connectivity index (χ2v) is 6.24. The Morgan fingerprint density at radius 2 is 2.00 bits per heavy atom. The van der Waals surface area contributed by atoms with Gasteiger partial charge in [0, 0.05) is 12.2 Å². The van der Waals surface area contributed by atoms with Gasteiger partial charge in [-0.15, -0.1) is 0 Å². The van der Waals surface area contributed by atoms with Gasteiger partial charge in [0.05, 0.1) is 0 Å². The first-order valence-electron chi connectivity index (χ1n) is 6.78. The predicted molar refractivity (Wildman–Crippen MR) is 74.6 cm³/mol. The maximum absolute atomic E-state index is 12.3. The molecule has 0 bridgehead atoms. The van der Waals surface area contributed by atoms with Crippen molar-refractivity contribution < 1.29 is 14.7 Å². The molecule has 1 heterocycles. The Balaban J connectivity index is 2.17. The van der Waals surface area contributed by atoms with Gasteiger partial charge in [-0.05, 0) is 29.9 Å². The summed E-state index contributed by atoms with van der Waals surface area (Å²) in [5, 5.41) is 8.89. The Morgan fingerprint density at radius 3 is 2.40 bits per heavy atom. The van der Waals surface area contributed by atoms with Crippen molar-refractivity contribution in [1.82, 2.24) is 9.88 Å². The van der Waals surface area contributed by atoms with Crippen LogP contribution in [-0.4, -0.2) is 39.5 Å². The molecule has 0 aliphatic heterocycles. The third kappa shape index (κ3) is 3.35. The van der Waals surface area contributed by atoms with Crippen molar-refractivity contribution in [2.75, 3.05) is 6.54 Å². The minimum atomic E-state index is -0.989. The van der Waals surface area contributed by atoms with Gasteiger partial charge in [-0.3, -0.25) is 14.6 Å². The molecule has 5 heteroatoms. The van der Waals surface area contributed by atoms with Gasteiger partial charge in [0.25, 0.3) is 5.91 Å². The van der Waals surface area contributed by atoms with Gasteiger partial charge in [0.15, 0.2) is 0 Å². The summed E-state index contributed by atoms with van der Waals surface area (Å²) in [5.41, 5.74) is 1.34. The first-order valence-corrected chi connectivity index (χ1v) is 6.78. The van der Waals surface area contributed by atoms with Gasteiger partial charge in [0.1, 0.15) is 12.2 Å². The van der Waals surface area contributed by atoms with Crippen LogP contribution in [0.1, 0.15) is 49.7 Å². The van der Waals surface area contributed by atoms with Crippen molar-refractivity contribution in [3.05, 3.63) is 29.6 Å². The monoisotopic (exact) mass is 276 g/mol. The summed E-state index contributed by atoms with van der Waals surface area (Å²) in [7, 11) is 0. The van der Waals surface area contributed by atoms with Crippen LogP contribution in [0, 0.1) is 0 Å². The summed E-state index contributed by atoms with van der Waals surface area (Å²) in [5.74, 6) is -1.29. The van der Waals surface area contributed by atoms with E-state index in [1.54, 1.807) is 12.3 Å². The van der Waals surface area contributed by atoms with E-state index in [0.29, 0.717) is 5.69 Å². The normalized spacial score (nSPS) is 14.9. The zero-order valence-electron chi connectivity index (χ0n) is 12.1. The fraction of sp³-hybridized carbons (Fsp3) is 0.533. The van der Waals surface area contributed by atoms with E-state index in [4.69, 9.17) is 5.11 Å². The third-order valence-corrected chi connectivity index (χ3v) is 3.40. The summed E-state index contributed by atoms with van der Waals surface area (Å²) < 4.78 is 0. The number of carboxylic acid groups (broad SMARTS) is 1. The van der Waals surface area contributed by atoms with E-state index in [-0.39, 0.29) is 23.9 Å². The van der Waals surface area contributed by atoms with E-state index in [1.807, 2.05) is 6.07 Å². The first-order chi connectivity index (χ1) is 9.29. The molecule has 108 valence electrons. The van der Waals surface area contributed by atoms with E-state index >= 15 is 0 Å². The van der Waals surface area contributed by atoms with Gasteiger partial charge in [-0.1, -0.05) is 26.8 Å². The molecular formula is C15H20N2O3. The van der Waals surface area contributed by atoms with Gasteiger partial charge in [-0.25, -0.2) is 0 Å². The van der Waals surface area contributed by atoms with Crippen LogP contribution in [0.3, 0.4) is 0 Å². The molecule has 0 radical (unpaired) electrons. The molecule has 1 aliphatic rings. The van der Waals surface area contributed by atoms with E-state index in [9.17, 15) is 9.59 Å². The van der Waals surface area contributed by atoms with Gasteiger partial charge in [-0.2, -0.15) is 0 Å². The predicted octanol–water partition coefficient (Wildman–Crippen LogP) is 2.07. The van der Waals surface area contributed by atoms with Crippen LogP contribution in [0.4, 0.5) is 0 Å². The summed E-state index contributed by atoms with van der Waals surface area (Å²) in [6.45, 7) is 5.97. The molecule has 0 unspecified atom stereocenters. The number of rotatable bonds is 4. The number of pyridine rings is 1. The molecule has 1 saturated carbocycles. The van der Waals surface area contributed by atoms with Gasteiger partial charge in [0.2, 0.25) is 0 Å². The Kier molecular flexibility index (Phi) is 3.79. The van der Waals surface area contributed by atoms with Crippen LogP contribution in [0.25, 0.3) is 0 Å². The SMILES string of the molecule is CC(C)(C)c1ccc(C(=O)N(CC(=O)O)C2CC2)nc1. The first kappa shape index (κ1) is 14.5. The Hall–Kier alpha value is -1.91. The molecule has 0 saturated heterocycles. The summed E-state index contributed by atoms with van der Waals surface area (Å²) in [6, 6.07) is 3.62. The molecule has 1 amide bonds. The lowest BCUT2D eigenvalue weighted by atomic mass is 9.88. The molecule has 1 N–H and O–H groups in total. The zero-order chi connectivity index (χ0) is 14.9. The lowest BCUT2D eigenvalue weighted by Crippen LogP contribution is -2.37. The molecular weight excluding hydrogens is 256 g/mol. The number of amides is 1. The molecule has 1 fully saturated rings. The smallest absolute Gasteiger partial charge is 0.323 e. The van der Waals surface area contributed by atoms with Crippen LogP contribution in [0.2, 0.25) is 0 Å². The summed E-state index contributed by atoms with van der Waals surface area (Å²) in [4.78, 5) is 28.8. The number of nitrogens with zero attached hydrogens (tertiary/aromatic N) is 2. The molecule has 2 rings (SSSR count). The topological polar surface area (TPSA) is 70.5 Å². The van der Waals surface area contributed by atoms with Gasteiger partial charge < -0.3 is 10.0 Å². The molecule has 1 aliphatic carbocycles. The molecule has 0 atom stereocenters. The van der Waals surface area contributed by atoms with Crippen molar-refractivity contribution in [2.24, 2.45) is 0 Å². The van der Waals surface area contributed by atoms with Crippen molar-refractivity contribution in [2.45, 2.75) is 45.1 Å². The average Bonchev–Trinajstić information content (AvgIpc) is 3.18. The minimum absolute atomic E-state index is 0.0220. The van der Waals surface area contributed by atoms with Crippen LogP contribution < -0.4 is 0 Å². The fourth-order valence-corrected chi connectivity index (χ4v) is 2.01. The van der Waals surface area contributed by atoms with E-state index in [2.05, 4.69) is 25.8 Å². The number of hydrogen-bond acceptors (Lipinski definition) is 3. The third-order valence-electron chi connectivity index (χ3n) is 3.40. The molecule has 1 aromatic heterocycles. The second kappa shape index (κ2) is 5.23. The van der Waals surface area contributed by atoms with E-state index in [0.717, 1.165) is 18.4 Å². The maximum atomic E-state index is 12.3. The highest BCUT2D eigenvalue weighted by Crippen LogP contribution is 2.28. The Bertz CT molecular complexity index is 513. The van der Waals surface area contributed by atoms with Crippen molar-refractivity contribution in [3.63, 3.8) is 0 Å². The minimum Gasteiger partial charge on any atom is -0.480 e. The van der Waals surface area contributed by atoms with Crippen LogP contribution in [0.15, 0.2) is 18.3 Å². The lowest BCUT2D eigenvalue weighted by Gasteiger charge is -2.21. The van der Waals surface area contributed by atoms with Crippen LogP contribution >= 0.6 is 0 Å². The quantitative estimate of drug-likeness (QED) is 0.914. The highest BCUT2D eigenvalue weighted by atomic mass is 16.4. The number of carboxylic acids is 1. The highest BCUT2D eigenvalue weighted by Gasteiger charge is 2.34.